The first-order chi connectivity index (χ1) is 17.4. The number of carbonyl (C=O) groups is 2. The molecule has 2 aromatic carbocycles. The minimum Gasteiger partial charge on any atom is -0.491 e. The number of hydrogen-bond donors (Lipinski definition) is 0. The third-order valence-corrected chi connectivity index (χ3v) is 7.74. The van der Waals surface area contributed by atoms with Gasteiger partial charge in [-0.1, -0.05) is 55.8 Å². The van der Waals surface area contributed by atoms with Crippen LogP contribution in [0, 0.1) is 5.92 Å². The molecule has 3 aromatic rings. The Bertz CT molecular complexity index is 1150. The van der Waals surface area contributed by atoms with Crippen LogP contribution in [-0.4, -0.2) is 47.9 Å². The standard InChI is InChI=1S/C29H33ClN2O3S/c1-21(2)12-15-31(28(33)18-22-6-4-3-5-7-22)19-29(34)32-16-13-27-25(14-17-36-27)26(32)20-35-24-10-8-23(30)9-11-24/h3-11,14,17,21,26H,12-13,15-16,18-20H2,1-2H3. The molecule has 0 spiro atoms. The second-order valence-corrected chi connectivity index (χ2v) is 11.0. The fraction of sp³-hybridized carbons (Fsp3) is 0.379. The van der Waals surface area contributed by atoms with Crippen LogP contribution in [-0.2, 0) is 22.4 Å². The Labute approximate surface area is 222 Å². The smallest absolute Gasteiger partial charge is 0.242 e. The Hall–Kier alpha value is -2.83. The molecule has 0 N–H and O–H groups in total. The van der Waals surface area contributed by atoms with Gasteiger partial charge in [-0.2, -0.15) is 0 Å². The zero-order valence-corrected chi connectivity index (χ0v) is 22.4. The van der Waals surface area contributed by atoms with Crippen molar-refractivity contribution >= 4 is 34.8 Å². The lowest BCUT2D eigenvalue weighted by Crippen LogP contribution is -2.48. The number of benzene rings is 2. The number of fused-ring (bicyclic) bond motifs is 1. The summed E-state index contributed by atoms with van der Waals surface area (Å²) < 4.78 is 6.09. The van der Waals surface area contributed by atoms with Crippen molar-refractivity contribution in [3.05, 3.63) is 87.1 Å². The van der Waals surface area contributed by atoms with Crippen molar-refractivity contribution in [2.45, 2.75) is 39.2 Å². The maximum atomic E-state index is 13.7. The van der Waals surface area contributed by atoms with Gasteiger partial charge in [0, 0.05) is 23.0 Å². The average molecular weight is 525 g/mol. The molecule has 190 valence electrons. The molecule has 2 heterocycles. The molecule has 5 nitrogen and oxygen atoms in total. The highest BCUT2D eigenvalue weighted by Crippen LogP contribution is 2.34. The first kappa shape index (κ1) is 26.2. The molecule has 1 aromatic heterocycles. The van der Waals surface area contributed by atoms with Crippen LogP contribution in [0.3, 0.4) is 0 Å². The molecule has 2 amide bonds. The molecule has 0 saturated heterocycles. The van der Waals surface area contributed by atoms with Gasteiger partial charge in [0.1, 0.15) is 12.4 Å². The normalized spacial score (nSPS) is 15.0. The van der Waals surface area contributed by atoms with Gasteiger partial charge in [0.05, 0.1) is 19.0 Å². The predicted octanol–water partition coefficient (Wildman–Crippen LogP) is 6.02. The lowest BCUT2D eigenvalue weighted by Gasteiger charge is -2.37. The minimum atomic E-state index is -0.195. The summed E-state index contributed by atoms with van der Waals surface area (Å²) >= 11 is 7.73. The van der Waals surface area contributed by atoms with Gasteiger partial charge in [-0.25, -0.2) is 0 Å². The SMILES string of the molecule is CC(C)CCN(CC(=O)N1CCc2sccc2C1COc1ccc(Cl)cc1)C(=O)Cc1ccccc1. The Morgan fingerprint density at radius 1 is 1.11 bits per heavy atom. The van der Waals surface area contributed by atoms with Crippen molar-refractivity contribution in [1.82, 2.24) is 9.80 Å². The number of halogens is 1. The van der Waals surface area contributed by atoms with E-state index >= 15 is 0 Å². The predicted molar refractivity (Wildman–Crippen MR) is 146 cm³/mol. The van der Waals surface area contributed by atoms with Crippen molar-refractivity contribution in [2.75, 3.05) is 26.2 Å². The average Bonchev–Trinajstić information content (AvgIpc) is 3.35. The van der Waals surface area contributed by atoms with Gasteiger partial charge >= 0.3 is 0 Å². The summed E-state index contributed by atoms with van der Waals surface area (Å²) in [5.41, 5.74) is 2.09. The van der Waals surface area contributed by atoms with E-state index in [4.69, 9.17) is 16.3 Å². The quantitative estimate of drug-likeness (QED) is 0.325. The van der Waals surface area contributed by atoms with Crippen molar-refractivity contribution in [1.29, 1.82) is 0 Å². The molecule has 0 bridgehead atoms. The van der Waals surface area contributed by atoms with Crippen LogP contribution < -0.4 is 4.74 Å². The molecule has 1 aliphatic heterocycles. The Balaban J connectivity index is 1.49. The summed E-state index contributed by atoms with van der Waals surface area (Å²) in [5.74, 6) is 1.10. The highest BCUT2D eigenvalue weighted by atomic mass is 35.5. The van der Waals surface area contributed by atoms with Gasteiger partial charge in [-0.3, -0.25) is 9.59 Å². The summed E-state index contributed by atoms with van der Waals surface area (Å²) in [6, 6.07) is 18.9. The van der Waals surface area contributed by atoms with Gasteiger partial charge in [0.15, 0.2) is 0 Å². The molecule has 0 saturated carbocycles. The molecule has 1 unspecified atom stereocenters. The zero-order valence-electron chi connectivity index (χ0n) is 20.9. The molecule has 1 atom stereocenters. The third kappa shape index (κ3) is 6.89. The molecular weight excluding hydrogens is 492 g/mol. The largest absolute Gasteiger partial charge is 0.491 e. The van der Waals surface area contributed by atoms with E-state index in [0.717, 1.165) is 24.0 Å². The number of ether oxygens (including phenoxy) is 1. The molecule has 7 heteroatoms. The number of amides is 2. The van der Waals surface area contributed by atoms with Gasteiger partial charge in [-0.15, -0.1) is 11.3 Å². The lowest BCUT2D eigenvalue weighted by atomic mass is 10.00. The number of thiophene rings is 1. The molecule has 1 aliphatic rings. The fourth-order valence-corrected chi connectivity index (χ4v) is 5.48. The Morgan fingerprint density at radius 2 is 1.86 bits per heavy atom. The van der Waals surface area contributed by atoms with E-state index in [1.54, 1.807) is 28.4 Å². The van der Waals surface area contributed by atoms with Crippen LogP contribution in [0.25, 0.3) is 0 Å². The van der Waals surface area contributed by atoms with E-state index in [-0.39, 0.29) is 24.4 Å². The number of hydrogen-bond acceptors (Lipinski definition) is 4. The number of carbonyl (C=O) groups excluding carboxylic acids is 2. The van der Waals surface area contributed by atoms with Crippen molar-refractivity contribution < 1.29 is 14.3 Å². The van der Waals surface area contributed by atoms with E-state index in [1.165, 1.54) is 4.88 Å². The van der Waals surface area contributed by atoms with Crippen LogP contribution in [0.5, 0.6) is 5.75 Å². The van der Waals surface area contributed by atoms with Gasteiger partial charge in [0.2, 0.25) is 11.8 Å². The summed E-state index contributed by atoms with van der Waals surface area (Å²) in [6.07, 6.45) is 1.97. The molecule has 36 heavy (non-hydrogen) atoms. The molecular formula is C29H33ClN2O3S. The second-order valence-electron chi connectivity index (χ2n) is 9.58. The lowest BCUT2D eigenvalue weighted by molar-refractivity contribution is -0.142. The fourth-order valence-electron chi connectivity index (χ4n) is 4.42. The van der Waals surface area contributed by atoms with E-state index in [0.29, 0.717) is 42.8 Å². The maximum Gasteiger partial charge on any atom is 0.242 e. The number of nitrogens with zero attached hydrogens (tertiary/aromatic N) is 2. The van der Waals surface area contributed by atoms with Crippen LogP contribution >= 0.6 is 22.9 Å². The van der Waals surface area contributed by atoms with E-state index in [9.17, 15) is 9.59 Å². The second kappa shape index (κ2) is 12.4. The van der Waals surface area contributed by atoms with Crippen LogP contribution in [0.15, 0.2) is 66.0 Å². The van der Waals surface area contributed by atoms with Gasteiger partial charge < -0.3 is 14.5 Å². The molecule has 0 fully saturated rings. The first-order valence-corrected chi connectivity index (χ1v) is 13.7. The van der Waals surface area contributed by atoms with Gasteiger partial charge in [0.25, 0.3) is 0 Å². The summed E-state index contributed by atoms with van der Waals surface area (Å²) in [4.78, 5) is 31.8. The Kier molecular flexibility index (Phi) is 9.05. The highest BCUT2D eigenvalue weighted by Gasteiger charge is 2.33. The van der Waals surface area contributed by atoms with Crippen molar-refractivity contribution in [3.63, 3.8) is 0 Å². The van der Waals surface area contributed by atoms with Crippen LogP contribution in [0.4, 0.5) is 0 Å². The van der Waals surface area contributed by atoms with Crippen molar-refractivity contribution in [2.24, 2.45) is 5.92 Å². The Morgan fingerprint density at radius 3 is 2.58 bits per heavy atom. The maximum absolute atomic E-state index is 13.7. The monoisotopic (exact) mass is 524 g/mol. The summed E-state index contributed by atoms with van der Waals surface area (Å²) in [5, 5.41) is 2.73. The third-order valence-electron chi connectivity index (χ3n) is 6.49. The molecule has 4 rings (SSSR count). The topological polar surface area (TPSA) is 49.9 Å². The first-order valence-electron chi connectivity index (χ1n) is 12.5. The minimum absolute atomic E-state index is 0.0163. The van der Waals surface area contributed by atoms with E-state index in [1.807, 2.05) is 47.4 Å². The molecule has 0 aliphatic carbocycles. The van der Waals surface area contributed by atoms with E-state index in [2.05, 4.69) is 25.3 Å². The molecule has 0 radical (unpaired) electrons. The number of rotatable bonds is 10. The summed E-state index contributed by atoms with van der Waals surface area (Å²) in [6.45, 7) is 5.88. The van der Waals surface area contributed by atoms with Crippen molar-refractivity contribution in [3.8, 4) is 5.75 Å². The van der Waals surface area contributed by atoms with Crippen LogP contribution in [0.2, 0.25) is 5.02 Å². The highest BCUT2D eigenvalue weighted by molar-refractivity contribution is 7.10. The zero-order chi connectivity index (χ0) is 25.5. The summed E-state index contributed by atoms with van der Waals surface area (Å²) in [7, 11) is 0. The van der Waals surface area contributed by atoms with Gasteiger partial charge in [-0.05, 0) is 65.6 Å². The van der Waals surface area contributed by atoms with E-state index < -0.39 is 0 Å². The van der Waals surface area contributed by atoms with Crippen LogP contribution in [0.1, 0.15) is 42.3 Å².